The van der Waals surface area contributed by atoms with E-state index in [1.54, 1.807) is 0 Å². The highest BCUT2D eigenvalue weighted by atomic mass is 16.2. The van der Waals surface area contributed by atoms with Crippen molar-refractivity contribution in [2.24, 2.45) is 11.5 Å². The van der Waals surface area contributed by atoms with Gasteiger partial charge in [0.1, 0.15) is 36.3 Å². The number of unbranched alkanes of at least 4 members (excludes halogenated alkanes) is 3. The van der Waals surface area contributed by atoms with E-state index in [4.69, 9.17) is 11.5 Å². The smallest absolute Gasteiger partial charge is 0.242 e. The Labute approximate surface area is 327 Å². The molecule has 0 fully saturated rings. The third kappa shape index (κ3) is 21.5. The maximum atomic E-state index is 12.4. The van der Waals surface area contributed by atoms with Crippen LogP contribution in [0.4, 0.5) is 0 Å². The van der Waals surface area contributed by atoms with E-state index in [1.165, 1.54) is 55.4 Å². The molecule has 0 radical (unpaired) electrons. The molecule has 0 aromatic heterocycles. The largest absolute Gasteiger partial charge is 0.355 e. The maximum absolute atomic E-state index is 12.4. The van der Waals surface area contributed by atoms with Gasteiger partial charge in [0.05, 0.1) is 25.2 Å². The van der Waals surface area contributed by atoms with Gasteiger partial charge in [-0.25, -0.2) is 0 Å². The highest BCUT2D eigenvalue weighted by molar-refractivity contribution is 5.96. The molecule has 14 N–H and O–H groups in total. The van der Waals surface area contributed by atoms with Crippen molar-refractivity contribution in [3.05, 3.63) is 0 Å². The molecule has 0 heterocycles. The molecule has 0 aliphatic carbocycles. The van der Waals surface area contributed by atoms with Crippen LogP contribution in [0.25, 0.3) is 0 Å². The standard InChI is InChI=1S/C34H62N12O10/c1-17(35)27(49)41-21(5)31(53)45-23(7)33(55)43-19(3)29(51)39-15-25(47)37-13-11-9-10-12-14-38-26(48)16-40-30(52)20(4)44-34(56)24(8)46-32(54)22(6)42-28(50)18(2)36/h17-24H,9-16,35-36H2,1-8H3,(H,37,47)(H,38,48)(H,39,51)(H,40,52)(H,41,49)(H,42,50)(H,43,55)(H,44,56)(H,45,53)(H,46,54)/t17-,18-,19-,20-,21-,22-,23-,24-/m0/s1. The summed E-state index contributed by atoms with van der Waals surface area (Å²) in [6.07, 6.45) is 2.76. The molecule has 8 atom stereocenters. The van der Waals surface area contributed by atoms with Gasteiger partial charge in [0.25, 0.3) is 0 Å². The predicted octanol–water partition coefficient (Wildman–Crippen LogP) is -5.27. The molecule has 0 aromatic rings. The van der Waals surface area contributed by atoms with Gasteiger partial charge in [0.2, 0.25) is 59.1 Å². The van der Waals surface area contributed by atoms with Crippen LogP contribution in [0.1, 0.15) is 81.1 Å². The number of hydrogen-bond donors (Lipinski definition) is 12. The molecule has 0 aromatic carbocycles. The molecule has 0 aliphatic rings. The fourth-order valence-electron chi connectivity index (χ4n) is 4.26. The van der Waals surface area contributed by atoms with Gasteiger partial charge in [0.15, 0.2) is 0 Å². The minimum Gasteiger partial charge on any atom is -0.355 e. The maximum Gasteiger partial charge on any atom is 0.242 e. The molecule has 0 spiro atoms. The van der Waals surface area contributed by atoms with Gasteiger partial charge in [-0.1, -0.05) is 12.8 Å². The minimum absolute atomic E-state index is 0.316. The SMILES string of the molecule is C[C@H](N)C(=O)N[C@@H](C)C(=O)N[C@@H](C)C(=O)N[C@@H](C)C(=O)NCC(=O)NCCCCCCNC(=O)CNC(=O)[C@H](C)NC(=O)[C@H](C)NC(=O)[C@H](C)NC(=O)[C@H](C)N. The zero-order chi connectivity index (χ0) is 43.1. The molecule has 22 nitrogen and oxygen atoms in total. The summed E-state index contributed by atoms with van der Waals surface area (Å²) < 4.78 is 0. The number of amides is 10. The van der Waals surface area contributed by atoms with Crippen molar-refractivity contribution in [1.29, 1.82) is 0 Å². The van der Waals surface area contributed by atoms with Crippen LogP contribution in [0.5, 0.6) is 0 Å². The number of nitrogens with two attached hydrogens (primary N) is 2. The Morgan fingerprint density at radius 2 is 0.571 bits per heavy atom. The molecular formula is C34H62N12O10. The average molecular weight is 799 g/mol. The van der Waals surface area contributed by atoms with Gasteiger partial charge in [-0.05, 0) is 68.2 Å². The van der Waals surface area contributed by atoms with Crippen molar-refractivity contribution < 1.29 is 47.9 Å². The number of nitrogens with one attached hydrogen (secondary N) is 10. The number of carbonyl (C=O) groups is 10. The van der Waals surface area contributed by atoms with Gasteiger partial charge in [0, 0.05) is 13.1 Å². The third-order valence-electron chi connectivity index (χ3n) is 7.93. The van der Waals surface area contributed by atoms with Crippen molar-refractivity contribution in [2.45, 2.75) is 129 Å². The fourth-order valence-corrected chi connectivity index (χ4v) is 4.26. The summed E-state index contributed by atoms with van der Waals surface area (Å²) in [6.45, 7) is 11.5. The number of rotatable bonds is 25. The summed E-state index contributed by atoms with van der Waals surface area (Å²) in [4.78, 5) is 122. The zero-order valence-electron chi connectivity index (χ0n) is 33.5. The monoisotopic (exact) mass is 798 g/mol. The van der Waals surface area contributed by atoms with Crippen molar-refractivity contribution in [2.75, 3.05) is 26.2 Å². The summed E-state index contributed by atoms with van der Waals surface area (Å²) in [7, 11) is 0. The van der Waals surface area contributed by atoms with E-state index in [0.717, 1.165) is 12.8 Å². The van der Waals surface area contributed by atoms with Crippen LogP contribution in [-0.2, 0) is 47.9 Å². The van der Waals surface area contributed by atoms with E-state index in [-0.39, 0.29) is 13.1 Å². The molecule has 0 aliphatic heterocycles. The van der Waals surface area contributed by atoms with Crippen molar-refractivity contribution in [1.82, 2.24) is 53.2 Å². The lowest BCUT2D eigenvalue weighted by atomic mass is 10.2. The highest BCUT2D eigenvalue weighted by Crippen LogP contribution is 1.98. The first kappa shape index (κ1) is 50.6. The second-order valence-electron chi connectivity index (χ2n) is 13.5. The molecule has 56 heavy (non-hydrogen) atoms. The molecule has 0 saturated carbocycles. The van der Waals surface area contributed by atoms with E-state index in [0.29, 0.717) is 25.9 Å². The molecule has 0 bridgehead atoms. The second kappa shape index (κ2) is 26.4. The molecule has 10 amide bonds. The lowest BCUT2D eigenvalue weighted by molar-refractivity contribution is -0.133. The van der Waals surface area contributed by atoms with Gasteiger partial charge in [-0.3, -0.25) is 47.9 Å². The lowest BCUT2D eigenvalue weighted by Gasteiger charge is -2.21. The van der Waals surface area contributed by atoms with Crippen molar-refractivity contribution >= 4 is 59.1 Å². The van der Waals surface area contributed by atoms with Crippen molar-refractivity contribution in [3.63, 3.8) is 0 Å². The van der Waals surface area contributed by atoms with E-state index >= 15 is 0 Å². The Morgan fingerprint density at radius 1 is 0.339 bits per heavy atom. The van der Waals surface area contributed by atoms with Crippen LogP contribution >= 0.6 is 0 Å². The molecule has 0 saturated heterocycles. The third-order valence-corrected chi connectivity index (χ3v) is 7.93. The van der Waals surface area contributed by atoms with Crippen LogP contribution in [0.2, 0.25) is 0 Å². The molecule has 0 unspecified atom stereocenters. The van der Waals surface area contributed by atoms with Crippen LogP contribution in [0, 0.1) is 0 Å². The van der Waals surface area contributed by atoms with E-state index < -0.39 is 107 Å². The van der Waals surface area contributed by atoms with Crippen LogP contribution in [-0.4, -0.2) is 134 Å². The summed E-state index contributed by atoms with van der Waals surface area (Å²) in [6, 6.07) is -7.55. The first-order valence-electron chi connectivity index (χ1n) is 18.5. The Bertz CT molecular complexity index is 1290. The van der Waals surface area contributed by atoms with E-state index in [1.807, 2.05) is 0 Å². The minimum atomic E-state index is -1.02. The first-order valence-corrected chi connectivity index (χ1v) is 18.5. The van der Waals surface area contributed by atoms with Crippen LogP contribution < -0.4 is 64.6 Å². The Morgan fingerprint density at radius 3 is 0.821 bits per heavy atom. The van der Waals surface area contributed by atoms with Gasteiger partial charge in [-0.15, -0.1) is 0 Å². The predicted molar refractivity (Wildman–Crippen MR) is 203 cm³/mol. The molecule has 0 rings (SSSR count). The van der Waals surface area contributed by atoms with E-state index in [9.17, 15) is 47.9 Å². The Hall–Kier alpha value is -5.38. The topological polar surface area (TPSA) is 343 Å². The number of carbonyl (C=O) groups excluding carboxylic acids is 10. The fraction of sp³-hybridized carbons (Fsp3) is 0.706. The Balaban J connectivity index is 4.17. The van der Waals surface area contributed by atoms with Crippen molar-refractivity contribution in [3.8, 4) is 0 Å². The first-order chi connectivity index (χ1) is 26.1. The molecule has 22 heteroatoms. The Kier molecular flexibility index (Phi) is 23.9. The summed E-state index contributed by atoms with van der Waals surface area (Å²) in [5.74, 6) is -5.68. The summed E-state index contributed by atoms with van der Waals surface area (Å²) in [5, 5.41) is 24.8. The lowest BCUT2D eigenvalue weighted by Crippen LogP contribution is -2.55. The van der Waals surface area contributed by atoms with Crippen LogP contribution in [0.3, 0.4) is 0 Å². The van der Waals surface area contributed by atoms with Gasteiger partial charge in [-0.2, -0.15) is 0 Å². The van der Waals surface area contributed by atoms with Crippen LogP contribution in [0.15, 0.2) is 0 Å². The normalized spacial score (nSPS) is 15.0. The summed E-state index contributed by atoms with van der Waals surface area (Å²) >= 11 is 0. The molecule has 318 valence electrons. The van der Waals surface area contributed by atoms with Gasteiger partial charge >= 0.3 is 0 Å². The quantitative estimate of drug-likeness (QED) is 0.0386. The highest BCUT2D eigenvalue weighted by Gasteiger charge is 2.26. The van der Waals surface area contributed by atoms with E-state index in [2.05, 4.69) is 53.2 Å². The van der Waals surface area contributed by atoms with Gasteiger partial charge < -0.3 is 64.6 Å². The summed E-state index contributed by atoms with van der Waals surface area (Å²) in [5.41, 5.74) is 10.9. The number of hydrogen-bond acceptors (Lipinski definition) is 12. The zero-order valence-corrected chi connectivity index (χ0v) is 33.5. The molecular weight excluding hydrogens is 736 g/mol. The average Bonchev–Trinajstić information content (AvgIpc) is 3.12. The second-order valence-corrected chi connectivity index (χ2v) is 13.5.